The minimum absolute atomic E-state index is 0.313. The van der Waals surface area contributed by atoms with Crippen LogP contribution in [0.5, 0.6) is 0 Å². The lowest BCUT2D eigenvalue weighted by atomic mass is 10.0. The number of likely N-dealkylation sites (tertiary alicyclic amines) is 1. The monoisotopic (exact) mass is 336 g/mol. The van der Waals surface area contributed by atoms with Crippen LogP contribution in [0.3, 0.4) is 0 Å². The molecule has 1 aromatic carbocycles. The molecule has 2 aromatic rings. The van der Waals surface area contributed by atoms with E-state index in [0.29, 0.717) is 31.0 Å². The van der Waals surface area contributed by atoms with Crippen molar-refractivity contribution in [1.29, 1.82) is 0 Å². The first-order chi connectivity index (χ1) is 11.1. The summed E-state index contributed by atoms with van der Waals surface area (Å²) in [5.74, 6) is -0.255. The van der Waals surface area contributed by atoms with E-state index in [0.717, 1.165) is 17.8 Å². The third kappa shape index (κ3) is 3.16. The first kappa shape index (κ1) is 15.2. The van der Waals surface area contributed by atoms with Gasteiger partial charge in [0.15, 0.2) is 0 Å². The largest absolute Gasteiger partial charge is 0.392 e. The summed E-state index contributed by atoms with van der Waals surface area (Å²) < 4.78 is 27.6. The molecule has 1 saturated carbocycles. The maximum Gasteiger partial charge on any atom is 0.128 e. The minimum atomic E-state index is -0.524. The summed E-state index contributed by atoms with van der Waals surface area (Å²) in [6, 6.07) is 3.20. The van der Waals surface area contributed by atoms with Crippen molar-refractivity contribution in [2.45, 2.75) is 43.9 Å². The Bertz CT molecular complexity index is 716. The number of aliphatic hydroxyl groups excluding tert-OH is 1. The number of benzene rings is 1. The van der Waals surface area contributed by atoms with Gasteiger partial charge in [0.05, 0.1) is 16.8 Å². The number of aromatic nitrogens is 1. The molecule has 122 valence electrons. The Hall–Kier alpha value is -1.37. The van der Waals surface area contributed by atoms with Gasteiger partial charge in [-0.3, -0.25) is 4.90 Å². The summed E-state index contributed by atoms with van der Waals surface area (Å²) in [4.78, 5) is 6.65. The molecule has 1 N–H and O–H groups in total. The molecule has 2 aliphatic rings. The first-order valence-corrected chi connectivity index (χ1v) is 8.79. The zero-order valence-electron chi connectivity index (χ0n) is 12.6. The zero-order valence-corrected chi connectivity index (χ0v) is 13.4. The third-order valence-corrected chi connectivity index (χ3v) is 5.62. The van der Waals surface area contributed by atoms with E-state index in [1.54, 1.807) is 11.3 Å². The molecule has 1 aliphatic heterocycles. The van der Waals surface area contributed by atoms with E-state index < -0.39 is 17.7 Å². The van der Waals surface area contributed by atoms with Crippen molar-refractivity contribution in [3.8, 4) is 0 Å². The highest BCUT2D eigenvalue weighted by atomic mass is 32.1. The lowest BCUT2D eigenvalue weighted by molar-refractivity contribution is 0.172. The number of thiazole rings is 1. The van der Waals surface area contributed by atoms with E-state index in [2.05, 4.69) is 4.98 Å². The van der Waals surface area contributed by atoms with E-state index in [4.69, 9.17) is 0 Å². The minimum Gasteiger partial charge on any atom is -0.392 e. The highest BCUT2D eigenvalue weighted by Gasteiger charge is 2.34. The standard InChI is InChI=1S/C17H18F2N2OS/c18-11-3-4-15(19)14(5-11)16-6-13(22)8-21(16)7-12-9-23-17(20-12)10-1-2-10/h3-5,9-10,13,16,22H,1-2,6-8H2. The average molecular weight is 336 g/mol. The van der Waals surface area contributed by atoms with Crippen molar-refractivity contribution < 1.29 is 13.9 Å². The molecule has 0 radical (unpaired) electrons. The molecule has 2 unspecified atom stereocenters. The van der Waals surface area contributed by atoms with Crippen molar-refractivity contribution in [1.82, 2.24) is 9.88 Å². The smallest absolute Gasteiger partial charge is 0.128 e. The Morgan fingerprint density at radius 1 is 1.30 bits per heavy atom. The van der Waals surface area contributed by atoms with Crippen LogP contribution in [0.2, 0.25) is 0 Å². The molecule has 6 heteroatoms. The number of rotatable bonds is 4. The molecule has 1 saturated heterocycles. The predicted molar refractivity (Wildman–Crippen MR) is 84.2 cm³/mol. The van der Waals surface area contributed by atoms with Crippen LogP contribution in [-0.4, -0.2) is 27.6 Å². The molecule has 2 heterocycles. The number of hydrogen-bond acceptors (Lipinski definition) is 4. The molecule has 2 atom stereocenters. The normalized spacial score (nSPS) is 25.2. The van der Waals surface area contributed by atoms with Crippen LogP contribution in [0.15, 0.2) is 23.6 Å². The van der Waals surface area contributed by atoms with E-state index >= 15 is 0 Å². The van der Waals surface area contributed by atoms with Crippen molar-refractivity contribution in [2.75, 3.05) is 6.54 Å². The summed E-state index contributed by atoms with van der Waals surface area (Å²) in [6.45, 7) is 1.01. The molecule has 1 aromatic heterocycles. The maximum atomic E-state index is 14.1. The summed E-state index contributed by atoms with van der Waals surface area (Å²) >= 11 is 1.67. The van der Waals surface area contributed by atoms with E-state index in [9.17, 15) is 13.9 Å². The van der Waals surface area contributed by atoms with E-state index in [1.807, 2.05) is 10.3 Å². The molecular formula is C17H18F2N2OS. The van der Waals surface area contributed by atoms with Gasteiger partial charge in [0.2, 0.25) is 0 Å². The summed E-state index contributed by atoms with van der Waals surface area (Å²) in [5.41, 5.74) is 1.27. The Kier molecular flexibility index (Phi) is 3.91. The Balaban J connectivity index is 1.56. The van der Waals surface area contributed by atoms with Crippen molar-refractivity contribution in [3.05, 3.63) is 51.5 Å². The summed E-state index contributed by atoms with van der Waals surface area (Å²) in [5, 5.41) is 13.2. The van der Waals surface area contributed by atoms with Crippen molar-refractivity contribution in [2.24, 2.45) is 0 Å². The van der Waals surface area contributed by atoms with Gasteiger partial charge >= 0.3 is 0 Å². The molecule has 0 bridgehead atoms. The van der Waals surface area contributed by atoms with Gasteiger partial charge in [-0.1, -0.05) is 0 Å². The number of aliphatic hydroxyl groups is 1. The summed E-state index contributed by atoms with van der Waals surface area (Å²) in [7, 11) is 0. The number of nitrogens with zero attached hydrogens (tertiary/aromatic N) is 2. The van der Waals surface area contributed by atoms with Gasteiger partial charge in [-0.05, 0) is 37.5 Å². The van der Waals surface area contributed by atoms with Crippen LogP contribution in [0.1, 0.15) is 47.5 Å². The predicted octanol–water partition coefficient (Wildman–Crippen LogP) is 3.61. The van der Waals surface area contributed by atoms with Crippen molar-refractivity contribution in [3.63, 3.8) is 0 Å². The second-order valence-electron chi connectivity index (χ2n) is 6.45. The fourth-order valence-corrected chi connectivity index (χ4v) is 4.25. The van der Waals surface area contributed by atoms with Gasteiger partial charge in [-0.25, -0.2) is 13.8 Å². The van der Waals surface area contributed by atoms with Gasteiger partial charge in [-0.2, -0.15) is 0 Å². The fraction of sp³-hybridized carbons (Fsp3) is 0.471. The molecule has 1 aliphatic carbocycles. The van der Waals surface area contributed by atoms with Gasteiger partial charge in [0, 0.05) is 36.0 Å². The number of halogens is 2. The summed E-state index contributed by atoms with van der Waals surface area (Å²) in [6.07, 6.45) is 2.32. The highest BCUT2D eigenvalue weighted by Crippen LogP contribution is 2.42. The van der Waals surface area contributed by atoms with Gasteiger partial charge in [0.1, 0.15) is 11.6 Å². The second-order valence-corrected chi connectivity index (χ2v) is 7.34. The number of hydrogen-bond donors (Lipinski definition) is 1. The molecule has 4 rings (SSSR count). The molecular weight excluding hydrogens is 318 g/mol. The average Bonchev–Trinajstić information content (AvgIpc) is 3.16. The molecule has 3 nitrogen and oxygen atoms in total. The Morgan fingerprint density at radius 2 is 2.13 bits per heavy atom. The van der Waals surface area contributed by atoms with Crippen LogP contribution in [0.25, 0.3) is 0 Å². The van der Waals surface area contributed by atoms with Gasteiger partial charge in [-0.15, -0.1) is 11.3 Å². The van der Waals surface area contributed by atoms with E-state index in [-0.39, 0.29) is 6.04 Å². The Labute approximate surface area is 137 Å². The highest BCUT2D eigenvalue weighted by molar-refractivity contribution is 7.09. The quantitative estimate of drug-likeness (QED) is 0.927. The molecule has 0 amide bonds. The first-order valence-electron chi connectivity index (χ1n) is 7.91. The molecule has 23 heavy (non-hydrogen) atoms. The SMILES string of the molecule is OC1CC(c2cc(F)ccc2F)N(Cc2csc(C3CC3)n2)C1. The Morgan fingerprint density at radius 3 is 2.91 bits per heavy atom. The molecule has 2 fully saturated rings. The van der Waals surface area contributed by atoms with Crippen molar-refractivity contribution >= 4 is 11.3 Å². The zero-order chi connectivity index (χ0) is 16.0. The fourth-order valence-electron chi connectivity index (χ4n) is 3.27. The van der Waals surface area contributed by atoms with Crippen LogP contribution in [0, 0.1) is 11.6 Å². The lowest BCUT2D eigenvalue weighted by Crippen LogP contribution is -2.25. The topological polar surface area (TPSA) is 36.4 Å². The van der Waals surface area contributed by atoms with Crippen LogP contribution < -0.4 is 0 Å². The van der Waals surface area contributed by atoms with E-state index in [1.165, 1.54) is 23.9 Å². The number of β-amino-alcohol motifs (C(OH)–C–C–N with tert-alkyl or cyclic N) is 1. The van der Waals surface area contributed by atoms with Crippen LogP contribution >= 0.6 is 11.3 Å². The lowest BCUT2D eigenvalue weighted by Gasteiger charge is -2.24. The van der Waals surface area contributed by atoms with Gasteiger partial charge < -0.3 is 5.11 Å². The van der Waals surface area contributed by atoms with Gasteiger partial charge in [0.25, 0.3) is 0 Å². The molecule has 0 spiro atoms. The van der Waals surface area contributed by atoms with Crippen LogP contribution in [-0.2, 0) is 6.54 Å². The maximum absolute atomic E-state index is 14.1. The van der Waals surface area contributed by atoms with Crippen LogP contribution in [0.4, 0.5) is 8.78 Å². The third-order valence-electron chi connectivity index (χ3n) is 4.56. The second kappa shape index (κ2) is 5.92.